The first kappa shape index (κ1) is 27.9. The number of ether oxygens (including phenoxy) is 1. The molecule has 7 nitrogen and oxygen atoms in total. The fourth-order valence-corrected chi connectivity index (χ4v) is 4.54. The van der Waals surface area contributed by atoms with E-state index < -0.39 is 58.2 Å². The minimum atomic E-state index is -1.87. The molecule has 1 saturated heterocycles. The molecule has 0 N–H and O–H groups in total. The van der Waals surface area contributed by atoms with Crippen molar-refractivity contribution < 1.29 is 36.8 Å². The summed E-state index contributed by atoms with van der Waals surface area (Å²) >= 11 is 5.72. The van der Waals surface area contributed by atoms with E-state index in [0.717, 1.165) is 4.68 Å². The summed E-state index contributed by atoms with van der Waals surface area (Å²) in [5.74, 6) is -6.78. The third-order valence-electron chi connectivity index (χ3n) is 7.34. The molecule has 0 bridgehead atoms. The zero-order valence-corrected chi connectivity index (χ0v) is 22.9. The lowest BCUT2D eigenvalue weighted by Crippen LogP contribution is -2.41. The van der Waals surface area contributed by atoms with Gasteiger partial charge in [-0.25, -0.2) is 18.0 Å². The van der Waals surface area contributed by atoms with E-state index in [0.29, 0.717) is 33.7 Å². The van der Waals surface area contributed by atoms with E-state index in [-0.39, 0.29) is 5.52 Å². The summed E-state index contributed by atoms with van der Waals surface area (Å²) in [4.78, 5) is 25.4. The monoisotopic (exact) mass is 570 g/mol. The van der Waals surface area contributed by atoms with Gasteiger partial charge in [0.05, 0.1) is 40.0 Å². The molecule has 206 valence electrons. The second-order valence-corrected chi connectivity index (χ2v) is 10.8. The van der Waals surface area contributed by atoms with Gasteiger partial charge < -0.3 is 14.0 Å². The Kier molecular flexibility index (Phi) is 6.80. The standard InChI is InChI=1S/C28H23BClF3N2O5/c1-27(2)28(3,4)40-29(39-27)16-10-11-17-20(12-16)35(25(36)18-13-19(30)22(32)23(33)21(18)31)34-24(17)14-6-8-15(9-7-14)26(37)38-5/h6-13H,1-5H3. The number of carbonyl (C=O) groups is 2. The predicted molar refractivity (Wildman–Crippen MR) is 143 cm³/mol. The molecule has 1 aromatic heterocycles. The summed E-state index contributed by atoms with van der Waals surface area (Å²) in [5.41, 5.74) is -0.164. The SMILES string of the molecule is COC(=O)c1ccc(-c2nn(C(=O)c3cc(Cl)c(F)c(F)c3F)c3cc(B4OC(C)(C)C(C)(C)O4)ccc23)cc1. The molecule has 4 aromatic rings. The van der Waals surface area contributed by atoms with Crippen molar-refractivity contribution >= 4 is 47.0 Å². The van der Waals surface area contributed by atoms with E-state index >= 15 is 0 Å². The van der Waals surface area contributed by atoms with Crippen molar-refractivity contribution in [2.24, 2.45) is 0 Å². The van der Waals surface area contributed by atoms with Crippen LogP contribution in [-0.4, -0.2) is 47.1 Å². The second-order valence-electron chi connectivity index (χ2n) is 10.3. The molecular formula is C28H23BClF3N2O5. The second kappa shape index (κ2) is 9.76. The molecule has 1 fully saturated rings. The zero-order chi connectivity index (χ0) is 29.1. The Labute approximate surface area is 232 Å². The van der Waals surface area contributed by atoms with Gasteiger partial charge in [-0.3, -0.25) is 4.79 Å². The number of rotatable bonds is 4. The van der Waals surface area contributed by atoms with Gasteiger partial charge in [0.2, 0.25) is 0 Å². The van der Waals surface area contributed by atoms with Crippen LogP contribution < -0.4 is 5.46 Å². The van der Waals surface area contributed by atoms with Crippen LogP contribution in [-0.2, 0) is 14.0 Å². The maximum absolute atomic E-state index is 14.7. The van der Waals surface area contributed by atoms with Crippen molar-refractivity contribution in [1.82, 2.24) is 9.78 Å². The van der Waals surface area contributed by atoms with Crippen molar-refractivity contribution in [2.75, 3.05) is 7.11 Å². The first-order valence-corrected chi connectivity index (χ1v) is 12.6. The number of nitrogens with zero attached hydrogens (tertiary/aromatic N) is 2. The van der Waals surface area contributed by atoms with Crippen LogP contribution in [0.2, 0.25) is 5.02 Å². The minimum Gasteiger partial charge on any atom is -0.465 e. The van der Waals surface area contributed by atoms with Crippen molar-refractivity contribution in [3.05, 3.63) is 82.1 Å². The van der Waals surface area contributed by atoms with Crippen molar-refractivity contribution in [3.8, 4) is 11.3 Å². The van der Waals surface area contributed by atoms with E-state index in [4.69, 9.17) is 25.6 Å². The summed E-state index contributed by atoms with van der Waals surface area (Å²) in [5, 5.41) is 4.15. The van der Waals surface area contributed by atoms with Gasteiger partial charge in [0.25, 0.3) is 5.91 Å². The molecule has 0 unspecified atom stereocenters. The summed E-state index contributed by atoms with van der Waals surface area (Å²) in [6.07, 6.45) is 0. The Bertz CT molecular complexity index is 1670. The van der Waals surface area contributed by atoms with Gasteiger partial charge in [-0.15, -0.1) is 0 Å². The average Bonchev–Trinajstić information content (AvgIpc) is 3.41. The number of aromatic nitrogens is 2. The third-order valence-corrected chi connectivity index (χ3v) is 7.61. The van der Waals surface area contributed by atoms with Crippen LogP contribution in [0.1, 0.15) is 48.4 Å². The fourth-order valence-electron chi connectivity index (χ4n) is 4.35. The van der Waals surface area contributed by atoms with Gasteiger partial charge in [-0.05, 0) is 57.4 Å². The molecule has 1 aliphatic heterocycles. The Morgan fingerprint density at radius 2 is 1.55 bits per heavy atom. The molecule has 12 heteroatoms. The molecule has 5 rings (SSSR count). The molecular weight excluding hydrogens is 548 g/mol. The molecule has 1 aliphatic rings. The van der Waals surface area contributed by atoms with Crippen molar-refractivity contribution in [3.63, 3.8) is 0 Å². The number of esters is 1. The maximum Gasteiger partial charge on any atom is 0.494 e. The largest absolute Gasteiger partial charge is 0.494 e. The number of benzene rings is 3. The molecule has 0 amide bonds. The Balaban J connectivity index is 1.69. The third kappa shape index (κ3) is 4.48. The van der Waals surface area contributed by atoms with Gasteiger partial charge in [-0.2, -0.15) is 9.78 Å². The lowest BCUT2D eigenvalue weighted by molar-refractivity contribution is 0.00578. The molecule has 40 heavy (non-hydrogen) atoms. The molecule has 0 spiro atoms. The normalized spacial score (nSPS) is 16.0. The highest BCUT2D eigenvalue weighted by molar-refractivity contribution is 6.62. The smallest absolute Gasteiger partial charge is 0.465 e. The number of hydrogen-bond donors (Lipinski definition) is 0. The number of hydrogen-bond acceptors (Lipinski definition) is 6. The minimum absolute atomic E-state index is 0.226. The molecule has 3 aromatic carbocycles. The van der Waals surface area contributed by atoms with E-state index in [1.54, 1.807) is 30.3 Å². The van der Waals surface area contributed by atoms with Crippen LogP contribution in [0, 0.1) is 17.5 Å². The highest BCUT2D eigenvalue weighted by Gasteiger charge is 2.51. The van der Waals surface area contributed by atoms with E-state index in [9.17, 15) is 22.8 Å². The highest BCUT2D eigenvalue weighted by atomic mass is 35.5. The van der Waals surface area contributed by atoms with Crippen LogP contribution in [0.5, 0.6) is 0 Å². The maximum atomic E-state index is 14.7. The van der Waals surface area contributed by atoms with Crippen LogP contribution in [0.15, 0.2) is 48.5 Å². The molecule has 0 saturated carbocycles. The van der Waals surface area contributed by atoms with E-state index in [1.165, 1.54) is 19.2 Å². The quantitative estimate of drug-likeness (QED) is 0.139. The molecule has 0 aliphatic carbocycles. The van der Waals surface area contributed by atoms with Gasteiger partial charge in [-0.1, -0.05) is 35.9 Å². The summed E-state index contributed by atoms with van der Waals surface area (Å²) in [6, 6.07) is 12.1. The molecule has 2 heterocycles. The van der Waals surface area contributed by atoms with Crippen LogP contribution in [0.3, 0.4) is 0 Å². The summed E-state index contributed by atoms with van der Waals surface area (Å²) < 4.78 is 60.6. The highest BCUT2D eigenvalue weighted by Crippen LogP contribution is 2.37. The molecule has 0 atom stereocenters. The Hall–Kier alpha value is -3.67. The number of methoxy groups -OCH3 is 1. The number of halogens is 4. The number of fused-ring (bicyclic) bond motifs is 1. The van der Waals surface area contributed by atoms with Gasteiger partial charge in [0, 0.05) is 10.9 Å². The van der Waals surface area contributed by atoms with Gasteiger partial charge in [0.15, 0.2) is 17.5 Å². The predicted octanol–water partition coefficient (Wildman–Crippen LogP) is 5.55. The molecule has 0 radical (unpaired) electrons. The Morgan fingerprint density at radius 1 is 0.925 bits per heavy atom. The average molecular weight is 571 g/mol. The van der Waals surface area contributed by atoms with Crippen LogP contribution in [0.25, 0.3) is 22.2 Å². The van der Waals surface area contributed by atoms with Crippen molar-refractivity contribution in [2.45, 2.75) is 38.9 Å². The topological polar surface area (TPSA) is 79.7 Å². The lowest BCUT2D eigenvalue weighted by Gasteiger charge is -2.32. The fraction of sp³-hybridized carbons (Fsp3) is 0.250. The van der Waals surface area contributed by atoms with Crippen molar-refractivity contribution in [1.29, 1.82) is 0 Å². The lowest BCUT2D eigenvalue weighted by atomic mass is 9.78. The number of carbonyl (C=O) groups excluding carboxylic acids is 2. The summed E-state index contributed by atoms with van der Waals surface area (Å²) in [7, 11) is 0.475. The van der Waals surface area contributed by atoms with E-state index in [2.05, 4.69) is 5.10 Å². The summed E-state index contributed by atoms with van der Waals surface area (Å²) in [6.45, 7) is 7.58. The van der Waals surface area contributed by atoms with Crippen LogP contribution >= 0.6 is 11.6 Å². The first-order valence-electron chi connectivity index (χ1n) is 12.2. The van der Waals surface area contributed by atoms with Gasteiger partial charge in [0.1, 0.15) is 5.69 Å². The van der Waals surface area contributed by atoms with E-state index in [1.807, 2.05) is 27.7 Å². The zero-order valence-electron chi connectivity index (χ0n) is 22.1. The Morgan fingerprint density at radius 3 is 2.15 bits per heavy atom. The van der Waals surface area contributed by atoms with Crippen LogP contribution in [0.4, 0.5) is 13.2 Å². The first-order chi connectivity index (χ1) is 18.8. The van der Waals surface area contributed by atoms with Gasteiger partial charge >= 0.3 is 13.1 Å².